The Morgan fingerprint density at radius 2 is 2.16 bits per heavy atom. The molecule has 1 aliphatic heterocycles. The van der Waals surface area contributed by atoms with Crippen LogP contribution in [0.15, 0.2) is 18.2 Å². The second kappa shape index (κ2) is 4.86. The second-order valence-corrected chi connectivity index (χ2v) is 5.03. The minimum Gasteiger partial charge on any atom is -0.480 e. The summed E-state index contributed by atoms with van der Waals surface area (Å²) in [6, 6.07) is 3.50. The maximum absolute atomic E-state index is 13.2. The summed E-state index contributed by atoms with van der Waals surface area (Å²) in [6.45, 7) is 2.53. The van der Waals surface area contributed by atoms with Gasteiger partial charge in [-0.15, -0.1) is 0 Å². The van der Waals surface area contributed by atoms with Gasteiger partial charge in [0.05, 0.1) is 0 Å². The maximum atomic E-state index is 13.2. The molecule has 19 heavy (non-hydrogen) atoms. The average molecular weight is 270 g/mol. The van der Waals surface area contributed by atoms with Crippen LogP contribution < -0.4 is 5.73 Å². The first-order valence-corrected chi connectivity index (χ1v) is 6.05. The predicted molar refractivity (Wildman–Crippen MR) is 65.5 cm³/mol. The summed E-state index contributed by atoms with van der Waals surface area (Å²) in [5, 5.41) is 9.06. The van der Waals surface area contributed by atoms with E-state index in [1.165, 1.54) is 6.07 Å². The summed E-state index contributed by atoms with van der Waals surface area (Å²) < 4.78 is 26.1. The minimum absolute atomic E-state index is 0.197. The van der Waals surface area contributed by atoms with Gasteiger partial charge in [0.2, 0.25) is 0 Å². The Labute approximate surface area is 109 Å². The molecule has 0 radical (unpaired) electrons. The SMILES string of the molecule is CC(c1ccc(F)c(F)c1)N1CCC(N)(C(=O)O)C1. The average Bonchev–Trinajstić information content (AvgIpc) is 2.76. The van der Waals surface area contributed by atoms with Crippen molar-refractivity contribution in [2.45, 2.75) is 24.9 Å². The number of carboxylic acid groups (broad SMARTS) is 1. The van der Waals surface area contributed by atoms with Crippen molar-refractivity contribution in [1.82, 2.24) is 4.90 Å². The van der Waals surface area contributed by atoms with E-state index in [0.29, 0.717) is 18.5 Å². The van der Waals surface area contributed by atoms with Gasteiger partial charge in [-0.25, -0.2) is 8.78 Å². The highest BCUT2D eigenvalue weighted by molar-refractivity contribution is 5.79. The molecular weight excluding hydrogens is 254 g/mol. The van der Waals surface area contributed by atoms with Gasteiger partial charge < -0.3 is 10.8 Å². The molecule has 1 saturated heterocycles. The molecule has 3 N–H and O–H groups in total. The minimum atomic E-state index is -1.26. The lowest BCUT2D eigenvalue weighted by atomic mass is 10.0. The molecule has 1 aromatic rings. The number of nitrogens with two attached hydrogens (primary N) is 1. The van der Waals surface area contributed by atoms with Gasteiger partial charge in [-0.3, -0.25) is 9.69 Å². The van der Waals surface area contributed by atoms with E-state index >= 15 is 0 Å². The molecule has 6 heteroatoms. The van der Waals surface area contributed by atoms with Gasteiger partial charge in [0, 0.05) is 19.1 Å². The number of benzene rings is 1. The summed E-state index contributed by atoms with van der Waals surface area (Å²) in [6.07, 6.45) is 0.344. The fraction of sp³-hybridized carbons (Fsp3) is 0.462. The molecule has 0 aromatic heterocycles. The normalized spacial score (nSPS) is 25.5. The van der Waals surface area contributed by atoms with Crippen molar-refractivity contribution in [3.63, 3.8) is 0 Å². The second-order valence-electron chi connectivity index (χ2n) is 5.03. The van der Waals surface area contributed by atoms with E-state index in [-0.39, 0.29) is 12.6 Å². The largest absolute Gasteiger partial charge is 0.480 e. The third-order valence-electron chi connectivity index (χ3n) is 3.73. The van der Waals surface area contributed by atoms with Crippen LogP contribution in [-0.4, -0.2) is 34.6 Å². The Bertz CT molecular complexity index is 509. The quantitative estimate of drug-likeness (QED) is 0.873. The highest BCUT2D eigenvalue weighted by Gasteiger charge is 2.42. The highest BCUT2D eigenvalue weighted by Crippen LogP contribution is 2.29. The number of nitrogens with zero attached hydrogens (tertiary/aromatic N) is 1. The van der Waals surface area contributed by atoms with Crippen LogP contribution in [0.2, 0.25) is 0 Å². The Kier molecular flexibility index (Phi) is 3.56. The molecule has 1 heterocycles. The Morgan fingerprint density at radius 1 is 1.47 bits per heavy atom. The lowest BCUT2D eigenvalue weighted by Gasteiger charge is -2.26. The zero-order valence-electron chi connectivity index (χ0n) is 10.6. The number of aliphatic carboxylic acids is 1. The van der Waals surface area contributed by atoms with Crippen molar-refractivity contribution in [2.75, 3.05) is 13.1 Å². The van der Waals surface area contributed by atoms with Gasteiger partial charge in [-0.05, 0) is 31.0 Å². The summed E-state index contributed by atoms with van der Waals surface area (Å²) >= 11 is 0. The summed E-state index contributed by atoms with van der Waals surface area (Å²) in [7, 11) is 0. The number of hydrogen-bond acceptors (Lipinski definition) is 3. The maximum Gasteiger partial charge on any atom is 0.325 e. The van der Waals surface area contributed by atoms with Gasteiger partial charge in [0.1, 0.15) is 5.54 Å². The molecular formula is C13H16F2N2O2. The number of halogens is 2. The third-order valence-corrected chi connectivity index (χ3v) is 3.73. The number of rotatable bonds is 3. The first-order valence-electron chi connectivity index (χ1n) is 6.05. The lowest BCUT2D eigenvalue weighted by Crippen LogP contribution is -2.50. The van der Waals surface area contributed by atoms with Gasteiger partial charge >= 0.3 is 5.97 Å². The van der Waals surface area contributed by atoms with Crippen molar-refractivity contribution in [1.29, 1.82) is 0 Å². The fourth-order valence-electron chi connectivity index (χ4n) is 2.35. The number of carboxylic acids is 1. The van der Waals surface area contributed by atoms with Crippen LogP contribution in [0.5, 0.6) is 0 Å². The molecule has 4 nitrogen and oxygen atoms in total. The molecule has 0 bridgehead atoms. The standard InChI is InChI=1S/C13H16F2N2O2/c1-8(9-2-3-10(14)11(15)6-9)17-5-4-13(16,7-17)12(18)19/h2-3,6,8H,4-5,7,16H2,1H3,(H,18,19). The molecule has 2 rings (SSSR count). The van der Waals surface area contributed by atoms with E-state index < -0.39 is 23.1 Å². The third kappa shape index (κ3) is 2.59. The van der Waals surface area contributed by atoms with E-state index in [2.05, 4.69) is 0 Å². The van der Waals surface area contributed by atoms with Crippen LogP contribution >= 0.6 is 0 Å². The van der Waals surface area contributed by atoms with Crippen molar-refractivity contribution >= 4 is 5.97 Å². The predicted octanol–water partition coefficient (Wildman–Crippen LogP) is 1.51. The zero-order valence-corrected chi connectivity index (χ0v) is 10.6. The monoisotopic (exact) mass is 270 g/mol. The Morgan fingerprint density at radius 3 is 2.68 bits per heavy atom. The van der Waals surface area contributed by atoms with E-state index in [9.17, 15) is 13.6 Å². The lowest BCUT2D eigenvalue weighted by molar-refractivity contribution is -0.142. The molecule has 0 amide bonds. The van der Waals surface area contributed by atoms with Gasteiger partial charge in [-0.2, -0.15) is 0 Å². The summed E-state index contributed by atoms with van der Waals surface area (Å²) in [4.78, 5) is 12.9. The Balaban J connectivity index is 2.15. The molecule has 1 aliphatic rings. The number of carbonyl (C=O) groups is 1. The fourth-order valence-corrected chi connectivity index (χ4v) is 2.35. The molecule has 0 aliphatic carbocycles. The molecule has 1 fully saturated rings. The molecule has 104 valence electrons. The van der Waals surface area contributed by atoms with Crippen molar-refractivity contribution in [3.8, 4) is 0 Å². The number of likely N-dealkylation sites (tertiary alicyclic amines) is 1. The summed E-state index contributed by atoms with van der Waals surface area (Å²) in [5.41, 5.74) is 5.13. The first kappa shape index (κ1) is 13.9. The van der Waals surface area contributed by atoms with Crippen LogP contribution in [-0.2, 0) is 4.79 Å². The van der Waals surface area contributed by atoms with E-state index in [1.807, 2.05) is 11.8 Å². The van der Waals surface area contributed by atoms with Crippen LogP contribution in [0, 0.1) is 11.6 Å². The molecule has 2 unspecified atom stereocenters. The van der Waals surface area contributed by atoms with Crippen LogP contribution in [0.25, 0.3) is 0 Å². The van der Waals surface area contributed by atoms with E-state index in [1.54, 1.807) is 0 Å². The Hall–Kier alpha value is -1.53. The van der Waals surface area contributed by atoms with Crippen molar-refractivity contribution < 1.29 is 18.7 Å². The molecule has 2 atom stereocenters. The van der Waals surface area contributed by atoms with Crippen LogP contribution in [0.3, 0.4) is 0 Å². The van der Waals surface area contributed by atoms with Crippen molar-refractivity contribution in [3.05, 3.63) is 35.4 Å². The smallest absolute Gasteiger partial charge is 0.325 e. The van der Waals surface area contributed by atoms with Gasteiger partial charge in [0.25, 0.3) is 0 Å². The summed E-state index contributed by atoms with van der Waals surface area (Å²) in [5.74, 6) is -2.83. The van der Waals surface area contributed by atoms with E-state index in [0.717, 1.165) is 12.1 Å². The zero-order chi connectivity index (χ0) is 14.2. The topological polar surface area (TPSA) is 66.6 Å². The van der Waals surface area contributed by atoms with Gasteiger partial charge in [0.15, 0.2) is 11.6 Å². The van der Waals surface area contributed by atoms with Crippen LogP contribution in [0.4, 0.5) is 8.78 Å². The molecule has 0 saturated carbocycles. The molecule has 1 aromatic carbocycles. The molecule has 0 spiro atoms. The highest BCUT2D eigenvalue weighted by atomic mass is 19.2. The van der Waals surface area contributed by atoms with Crippen molar-refractivity contribution in [2.24, 2.45) is 5.73 Å². The van der Waals surface area contributed by atoms with Gasteiger partial charge in [-0.1, -0.05) is 6.07 Å². The van der Waals surface area contributed by atoms with E-state index in [4.69, 9.17) is 10.8 Å². The number of hydrogen-bond donors (Lipinski definition) is 2. The van der Waals surface area contributed by atoms with Crippen LogP contribution in [0.1, 0.15) is 24.9 Å². The first-order chi connectivity index (χ1) is 8.83.